The Hall–Kier alpha value is -1.39. The van der Waals surface area contributed by atoms with Crippen LogP contribution in [-0.2, 0) is 20.7 Å². The van der Waals surface area contributed by atoms with Gasteiger partial charge < -0.3 is 14.6 Å². The zero-order chi connectivity index (χ0) is 14.6. The molecular formula is C16H22O4. The largest absolute Gasteiger partial charge is 0.481 e. The van der Waals surface area contributed by atoms with Crippen LogP contribution in [0.4, 0.5) is 0 Å². The SMILES string of the molecule is CC1(C)O[C@H](CCc2ccccc2)C[C@H](CC(=O)O)O1. The molecule has 0 spiro atoms. The van der Waals surface area contributed by atoms with Gasteiger partial charge in [-0.25, -0.2) is 0 Å². The smallest absolute Gasteiger partial charge is 0.305 e. The predicted octanol–water partition coefficient (Wildman–Crippen LogP) is 3.00. The summed E-state index contributed by atoms with van der Waals surface area (Å²) in [5, 5.41) is 8.91. The van der Waals surface area contributed by atoms with E-state index < -0.39 is 11.8 Å². The van der Waals surface area contributed by atoms with E-state index >= 15 is 0 Å². The van der Waals surface area contributed by atoms with E-state index in [9.17, 15) is 4.79 Å². The molecule has 0 aromatic heterocycles. The van der Waals surface area contributed by atoms with Gasteiger partial charge in [0.05, 0.1) is 18.6 Å². The number of carboxylic acids is 1. The molecule has 1 N–H and O–H groups in total. The van der Waals surface area contributed by atoms with Gasteiger partial charge in [-0.15, -0.1) is 0 Å². The van der Waals surface area contributed by atoms with Crippen LogP contribution in [0.15, 0.2) is 30.3 Å². The summed E-state index contributed by atoms with van der Waals surface area (Å²) in [7, 11) is 0. The first-order valence-electron chi connectivity index (χ1n) is 7.06. The number of ether oxygens (including phenoxy) is 2. The summed E-state index contributed by atoms with van der Waals surface area (Å²) in [6.07, 6.45) is 2.27. The molecule has 0 radical (unpaired) electrons. The van der Waals surface area contributed by atoms with Gasteiger partial charge in [0.1, 0.15) is 0 Å². The van der Waals surface area contributed by atoms with Gasteiger partial charge in [0, 0.05) is 6.42 Å². The number of rotatable bonds is 5. The molecule has 1 fully saturated rings. The van der Waals surface area contributed by atoms with Crippen molar-refractivity contribution in [1.29, 1.82) is 0 Å². The molecule has 0 bridgehead atoms. The van der Waals surface area contributed by atoms with Crippen molar-refractivity contribution in [2.45, 2.75) is 57.5 Å². The summed E-state index contributed by atoms with van der Waals surface area (Å²) < 4.78 is 11.6. The number of benzene rings is 1. The molecule has 0 unspecified atom stereocenters. The van der Waals surface area contributed by atoms with E-state index in [1.165, 1.54) is 5.56 Å². The molecule has 20 heavy (non-hydrogen) atoms. The fourth-order valence-corrected chi connectivity index (χ4v) is 2.69. The van der Waals surface area contributed by atoms with E-state index in [0.717, 1.165) is 12.8 Å². The van der Waals surface area contributed by atoms with Gasteiger partial charge in [-0.2, -0.15) is 0 Å². The molecule has 1 aliphatic rings. The van der Waals surface area contributed by atoms with Crippen LogP contribution >= 0.6 is 0 Å². The average Bonchev–Trinajstić information content (AvgIpc) is 2.35. The maximum Gasteiger partial charge on any atom is 0.305 e. The van der Waals surface area contributed by atoms with Gasteiger partial charge in [-0.1, -0.05) is 30.3 Å². The Kier molecular flexibility index (Phi) is 4.78. The zero-order valence-corrected chi connectivity index (χ0v) is 12.0. The number of carboxylic acid groups (broad SMARTS) is 1. The Bertz CT molecular complexity index is 441. The second-order valence-electron chi connectivity index (χ2n) is 5.74. The lowest BCUT2D eigenvalue weighted by Crippen LogP contribution is -2.45. The first-order chi connectivity index (χ1) is 9.44. The van der Waals surface area contributed by atoms with Crippen LogP contribution in [-0.4, -0.2) is 29.1 Å². The minimum atomic E-state index is -0.825. The monoisotopic (exact) mass is 278 g/mol. The highest BCUT2D eigenvalue weighted by Gasteiger charge is 2.36. The van der Waals surface area contributed by atoms with Crippen LogP contribution in [0.1, 0.15) is 38.7 Å². The first-order valence-corrected chi connectivity index (χ1v) is 7.06. The molecule has 0 saturated carbocycles. The fraction of sp³-hybridized carbons (Fsp3) is 0.562. The number of hydrogen-bond acceptors (Lipinski definition) is 3. The van der Waals surface area contributed by atoms with E-state index in [1.807, 2.05) is 32.0 Å². The lowest BCUT2D eigenvalue weighted by molar-refractivity contribution is -0.300. The van der Waals surface area contributed by atoms with Crippen molar-refractivity contribution in [3.05, 3.63) is 35.9 Å². The van der Waals surface area contributed by atoms with E-state index in [0.29, 0.717) is 6.42 Å². The van der Waals surface area contributed by atoms with E-state index in [1.54, 1.807) is 0 Å². The summed E-state index contributed by atoms with van der Waals surface area (Å²) in [4.78, 5) is 10.8. The number of hydrogen-bond donors (Lipinski definition) is 1. The Morgan fingerprint density at radius 1 is 1.25 bits per heavy atom. The maximum absolute atomic E-state index is 10.8. The molecule has 1 aliphatic heterocycles. The third-order valence-corrected chi connectivity index (χ3v) is 3.43. The van der Waals surface area contributed by atoms with Crippen LogP contribution in [0.2, 0.25) is 0 Å². The van der Waals surface area contributed by atoms with Crippen molar-refractivity contribution in [3.63, 3.8) is 0 Å². The van der Waals surface area contributed by atoms with Crippen molar-refractivity contribution < 1.29 is 19.4 Å². The number of aryl methyl sites for hydroxylation is 1. The standard InChI is InChI=1S/C16H22O4/c1-16(2)19-13(10-14(20-16)11-15(17)18)9-8-12-6-4-3-5-7-12/h3-7,13-14H,8-11H2,1-2H3,(H,17,18)/t13-,14-/m1/s1. The molecule has 1 aromatic rings. The zero-order valence-electron chi connectivity index (χ0n) is 12.0. The Morgan fingerprint density at radius 2 is 1.90 bits per heavy atom. The van der Waals surface area contributed by atoms with Crippen molar-refractivity contribution in [2.24, 2.45) is 0 Å². The highest BCUT2D eigenvalue weighted by atomic mass is 16.7. The van der Waals surface area contributed by atoms with Crippen LogP contribution in [0.25, 0.3) is 0 Å². The van der Waals surface area contributed by atoms with Gasteiger partial charge >= 0.3 is 5.97 Å². The van der Waals surface area contributed by atoms with Crippen molar-refractivity contribution in [2.75, 3.05) is 0 Å². The second-order valence-corrected chi connectivity index (χ2v) is 5.74. The molecule has 1 aromatic carbocycles. The molecule has 110 valence electrons. The Balaban J connectivity index is 1.91. The minimum Gasteiger partial charge on any atom is -0.481 e. The third kappa shape index (κ3) is 4.62. The summed E-state index contributed by atoms with van der Waals surface area (Å²) in [5.74, 6) is -1.53. The summed E-state index contributed by atoms with van der Waals surface area (Å²) >= 11 is 0. The highest BCUT2D eigenvalue weighted by Crippen LogP contribution is 2.30. The van der Waals surface area contributed by atoms with Crippen molar-refractivity contribution in [1.82, 2.24) is 0 Å². The molecule has 0 aliphatic carbocycles. The van der Waals surface area contributed by atoms with Crippen LogP contribution in [0, 0.1) is 0 Å². The molecule has 2 atom stereocenters. The van der Waals surface area contributed by atoms with Gasteiger partial charge in [0.25, 0.3) is 0 Å². The highest BCUT2D eigenvalue weighted by molar-refractivity contribution is 5.67. The Labute approximate surface area is 119 Å². The number of carbonyl (C=O) groups is 1. The molecular weight excluding hydrogens is 256 g/mol. The summed E-state index contributed by atoms with van der Waals surface area (Å²) in [5.41, 5.74) is 1.27. The average molecular weight is 278 g/mol. The molecule has 4 nitrogen and oxygen atoms in total. The normalized spacial score (nSPS) is 25.3. The van der Waals surface area contributed by atoms with Crippen LogP contribution < -0.4 is 0 Å². The molecule has 1 heterocycles. The van der Waals surface area contributed by atoms with Crippen LogP contribution in [0.3, 0.4) is 0 Å². The molecule has 4 heteroatoms. The van der Waals surface area contributed by atoms with Crippen molar-refractivity contribution in [3.8, 4) is 0 Å². The van der Waals surface area contributed by atoms with E-state index in [4.69, 9.17) is 14.6 Å². The van der Waals surface area contributed by atoms with Gasteiger partial charge in [0.2, 0.25) is 0 Å². The predicted molar refractivity (Wildman–Crippen MR) is 75.5 cm³/mol. The van der Waals surface area contributed by atoms with Gasteiger partial charge in [-0.3, -0.25) is 4.79 Å². The fourth-order valence-electron chi connectivity index (χ4n) is 2.69. The topological polar surface area (TPSA) is 55.8 Å². The van der Waals surface area contributed by atoms with Crippen LogP contribution in [0.5, 0.6) is 0 Å². The first kappa shape index (κ1) is 15.0. The Morgan fingerprint density at radius 3 is 2.55 bits per heavy atom. The summed E-state index contributed by atoms with van der Waals surface area (Å²) in [6.45, 7) is 3.69. The lowest BCUT2D eigenvalue weighted by Gasteiger charge is -2.40. The third-order valence-electron chi connectivity index (χ3n) is 3.43. The minimum absolute atomic E-state index is 0.0363. The quantitative estimate of drug-likeness (QED) is 0.899. The summed E-state index contributed by atoms with van der Waals surface area (Å²) in [6, 6.07) is 10.2. The number of aliphatic carboxylic acids is 1. The maximum atomic E-state index is 10.8. The van der Waals surface area contributed by atoms with E-state index in [2.05, 4.69) is 12.1 Å². The lowest BCUT2D eigenvalue weighted by atomic mass is 9.99. The van der Waals surface area contributed by atoms with E-state index in [-0.39, 0.29) is 18.6 Å². The molecule has 0 amide bonds. The second kappa shape index (κ2) is 6.37. The molecule has 1 saturated heterocycles. The van der Waals surface area contributed by atoms with Gasteiger partial charge in [-0.05, 0) is 32.3 Å². The van der Waals surface area contributed by atoms with Crippen molar-refractivity contribution >= 4 is 5.97 Å². The van der Waals surface area contributed by atoms with Gasteiger partial charge in [0.15, 0.2) is 5.79 Å². The molecule has 2 rings (SSSR count).